The number of hydrogen-bond acceptors (Lipinski definition) is 3. The van der Waals surface area contributed by atoms with Gasteiger partial charge in [0.25, 0.3) is 0 Å². The third kappa shape index (κ3) is 4.06. The molecule has 0 spiro atoms. The molecule has 0 aromatic rings. The number of hydrogen-bond donors (Lipinski definition) is 2. The highest BCUT2D eigenvalue weighted by Gasteiger charge is 2.32. The predicted octanol–water partition coefficient (Wildman–Crippen LogP) is 1.99. The Morgan fingerprint density at radius 3 is 2.81 bits per heavy atom. The van der Waals surface area contributed by atoms with Gasteiger partial charge in [-0.3, -0.25) is 9.59 Å². The number of aliphatic carboxylic acids is 1. The van der Waals surface area contributed by atoms with Gasteiger partial charge in [0.1, 0.15) is 0 Å². The number of nitrogens with zero attached hydrogens (tertiary/aromatic N) is 1. The van der Waals surface area contributed by atoms with Crippen LogP contribution in [0.15, 0.2) is 11.8 Å². The maximum Gasteiger partial charge on any atom is 0.306 e. The number of carboxylic acid groups (broad SMARTS) is 1. The number of amides is 1. The van der Waals surface area contributed by atoms with E-state index < -0.39 is 5.97 Å². The number of rotatable bonds is 7. The van der Waals surface area contributed by atoms with Gasteiger partial charge in [0, 0.05) is 12.2 Å². The first-order valence-corrected chi connectivity index (χ1v) is 8.06. The number of carboxylic acids is 1. The van der Waals surface area contributed by atoms with E-state index in [2.05, 4.69) is 11.4 Å². The van der Waals surface area contributed by atoms with E-state index in [0.717, 1.165) is 44.2 Å². The summed E-state index contributed by atoms with van der Waals surface area (Å²) in [5.74, 6) is -0.684. The quantitative estimate of drug-likeness (QED) is 0.753. The van der Waals surface area contributed by atoms with Crippen molar-refractivity contribution in [2.24, 2.45) is 11.8 Å². The fraction of sp³-hybridized carbons (Fsp3) is 0.750. The molecule has 5 heteroatoms. The molecule has 2 atom stereocenters. The highest BCUT2D eigenvalue weighted by molar-refractivity contribution is 5.80. The Bertz CT molecular complexity index is 420. The Hall–Kier alpha value is -1.36. The molecule has 5 nitrogen and oxygen atoms in total. The van der Waals surface area contributed by atoms with Crippen LogP contribution >= 0.6 is 0 Å². The van der Waals surface area contributed by atoms with Crippen molar-refractivity contribution in [1.82, 2.24) is 10.2 Å². The zero-order valence-corrected chi connectivity index (χ0v) is 12.8. The molecule has 2 unspecified atom stereocenters. The molecular weight excluding hydrogens is 268 g/mol. The Labute approximate surface area is 126 Å². The van der Waals surface area contributed by atoms with Crippen LogP contribution in [0.2, 0.25) is 0 Å². The molecule has 0 aliphatic heterocycles. The Morgan fingerprint density at radius 2 is 2.19 bits per heavy atom. The molecular formula is C16H26N2O3. The molecule has 118 valence electrons. The summed E-state index contributed by atoms with van der Waals surface area (Å²) in [5, 5.41) is 12.3. The Balaban J connectivity index is 1.77. The average Bonchev–Trinajstić information content (AvgIpc) is 3.10. The molecule has 0 aromatic carbocycles. The van der Waals surface area contributed by atoms with Crippen LogP contribution < -0.4 is 5.32 Å². The highest BCUT2D eigenvalue weighted by atomic mass is 16.4. The monoisotopic (exact) mass is 294 g/mol. The van der Waals surface area contributed by atoms with E-state index >= 15 is 0 Å². The zero-order chi connectivity index (χ0) is 15.2. The fourth-order valence-corrected chi connectivity index (χ4v) is 3.50. The molecule has 0 aromatic heterocycles. The molecule has 21 heavy (non-hydrogen) atoms. The smallest absolute Gasteiger partial charge is 0.306 e. The summed E-state index contributed by atoms with van der Waals surface area (Å²) in [6.07, 6.45) is 8.03. The van der Waals surface area contributed by atoms with Crippen molar-refractivity contribution < 1.29 is 14.7 Å². The van der Waals surface area contributed by atoms with Gasteiger partial charge in [-0.15, -0.1) is 0 Å². The normalized spacial score (nSPS) is 24.9. The minimum absolute atomic E-state index is 0.0931. The van der Waals surface area contributed by atoms with E-state index in [0.29, 0.717) is 19.6 Å². The summed E-state index contributed by atoms with van der Waals surface area (Å²) in [4.78, 5) is 25.2. The summed E-state index contributed by atoms with van der Waals surface area (Å²) in [6.45, 7) is 3.62. The lowest BCUT2D eigenvalue weighted by Gasteiger charge is -2.23. The maximum atomic E-state index is 12.3. The molecule has 0 saturated heterocycles. The first-order chi connectivity index (χ1) is 10.1. The van der Waals surface area contributed by atoms with Crippen LogP contribution in [0.25, 0.3) is 0 Å². The van der Waals surface area contributed by atoms with Crippen molar-refractivity contribution in [3.05, 3.63) is 11.8 Å². The number of carbonyl (C=O) groups is 2. The third-order valence-corrected chi connectivity index (χ3v) is 4.64. The van der Waals surface area contributed by atoms with E-state index in [-0.39, 0.29) is 17.7 Å². The molecule has 2 rings (SSSR count). The number of carbonyl (C=O) groups excluding carboxylic acids is 1. The van der Waals surface area contributed by atoms with Crippen LogP contribution in [0.5, 0.6) is 0 Å². The lowest BCUT2D eigenvalue weighted by Crippen LogP contribution is -2.39. The second-order valence-electron chi connectivity index (χ2n) is 5.99. The van der Waals surface area contributed by atoms with Crippen LogP contribution in [0.1, 0.15) is 45.4 Å². The van der Waals surface area contributed by atoms with Gasteiger partial charge in [0.05, 0.1) is 12.5 Å². The molecule has 1 saturated carbocycles. The van der Waals surface area contributed by atoms with Gasteiger partial charge >= 0.3 is 5.97 Å². The molecule has 0 heterocycles. The summed E-state index contributed by atoms with van der Waals surface area (Å²) in [5.41, 5.74) is 1.15. The van der Waals surface area contributed by atoms with Crippen molar-refractivity contribution in [3.63, 3.8) is 0 Å². The highest BCUT2D eigenvalue weighted by Crippen LogP contribution is 2.31. The van der Waals surface area contributed by atoms with Crippen molar-refractivity contribution >= 4 is 11.9 Å². The van der Waals surface area contributed by atoms with Crippen molar-refractivity contribution in [2.75, 3.05) is 19.6 Å². The van der Waals surface area contributed by atoms with Gasteiger partial charge < -0.3 is 15.3 Å². The van der Waals surface area contributed by atoms with E-state index in [9.17, 15) is 9.59 Å². The van der Waals surface area contributed by atoms with Crippen LogP contribution in [0.4, 0.5) is 0 Å². The van der Waals surface area contributed by atoms with Gasteiger partial charge in [-0.05, 0) is 51.5 Å². The lowest BCUT2D eigenvalue weighted by molar-refractivity contribution is -0.142. The summed E-state index contributed by atoms with van der Waals surface area (Å²) >= 11 is 0. The number of nitrogens with one attached hydrogen (secondary N) is 1. The maximum absolute atomic E-state index is 12.3. The van der Waals surface area contributed by atoms with E-state index in [4.69, 9.17) is 5.11 Å². The third-order valence-electron chi connectivity index (χ3n) is 4.64. The molecule has 1 fully saturated rings. The largest absolute Gasteiger partial charge is 0.481 e. The van der Waals surface area contributed by atoms with E-state index in [1.807, 2.05) is 11.8 Å². The van der Waals surface area contributed by atoms with Crippen molar-refractivity contribution in [3.8, 4) is 0 Å². The number of allylic oxidation sites excluding steroid dienone is 2. The van der Waals surface area contributed by atoms with Gasteiger partial charge in [-0.2, -0.15) is 0 Å². The molecule has 1 amide bonds. The van der Waals surface area contributed by atoms with Gasteiger partial charge in [0.15, 0.2) is 0 Å². The Morgan fingerprint density at radius 1 is 1.38 bits per heavy atom. The molecule has 0 radical (unpaired) electrons. The van der Waals surface area contributed by atoms with Crippen molar-refractivity contribution in [2.45, 2.75) is 45.4 Å². The van der Waals surface area contributed by atoms with Crippen molar-refractivity contribution in [1.29, 1.82) is 0 Å². The standard InChI is InChI=1S/C16H26N2O3/c1-2-18(13-7-3-4-8-13)15(19)11-17-10-12-6-5-9-14(12)16(20)21/h7,12,14,17H,2-6,8-11H2,1H3,(H,20,21). The molecule has 2 N–H and O–H groups in total. The van der Waals surface area contributed by atoms with Crippen LogP contribution in [0.3, 0.4) is 0 Å². The summed E-state index contributed by atoms with van der Waals surface area (Å²) < 4.78 is 0. The Kier molecular flexibility index (Phi) is 5.79. The van der Waals surface area contributed by atoms with Gasteiger partial charge in [-0.1, -0.05) is 12.5 Å². The molecule has 2 aliphatic carbocycles. The van der Waals surface area contributed by atoms with Crippen LogP contribution in [0, 0.1) is 11.8 Å². The number of likely N-dealkylation sites (N-methyl/N-ethyl adjacent to an activating group) is 1. The van der Waals surface area contributed by atoms with E-state index in [1.54, 1.807) is 0 Å². The first-order valence-electron chi connectivity index (χ1n) is 8.06. The summed E-state index contributed by atoms with van der Waals surface area (Å²) in [6, 6.07) is 0. The molecule has 2 aliphatic rings. The molecule has 0 bridgehead atoms. The minimum Gasteiger partial charge on any atom is -0.481 e. The predicted molar refractivity (Wildman–Crippen MR) is 80.7 cm³/mol. The van der Waals surface area contributed by atoms with Crippen LogP contribution in [-0.2, 0) is 9.59 Å². The lowest BCUT2D eigenvalue weighted by atomic mass is 9.96. The fourth-order valence-electron chi connectivity index (χ4n) is 3.50. The average molecular weight is 294 g/mol. The SMILES string of the molecule is CCN(C(=O)CNCC1CCCC1C(=O)O)C1=CCCC1. The van der Waals surface area contributed by atoms with Gasteiger partial charge in [0.2, 0.25) is 5.91 Å². The second kappa shape index (κ2) is 7.59. The minimum atomic E-state index is -0.697. The zero-order valence-electron chi connectivity index (χ0n) is 12.8. The van der Waals surface area contributed by atoms with Crippen LogP contribution in [-0.4, -0.2) is 41.5 Å². The first kappa shape index (κ1) is 16.0. The van der Waals surface area contributed by atoms with Gasteiger partial charge in [-0.25, -0.2) is 0 Å². The van der Waals surface area contributed by atoms with E-state index in [1.165, 1.54) is 0 Å². The topological polar surface area (TPSA) is 69.6 Å². The summed E-state index contributed by atoms with van der Waals surface area (Å²) in [7, 11) is 0. The second-order valence-corrected chi connectivity index (χ2v) is 5.99.